The molecule has 1 amide bonds. The number of benzene rings is 1. The highest BCUT2D eigenvalue weighted by Gasteiger charge is 2.23. The quantitative estimate of drug-likeness (QED) is 0.727. The van der Waals surface area contributed by atoms with Crippen LogP contribution in [0.3, 0.4) is 0 Å². The van der Waals surface area contributed by atoms with Gasteiger partial charge in [-0.3, -0.25) is 4.90 Å². The van der Waals surface area contributed by atoms with E-state index in [9.17, 15) is 4.79 Å². The fourth-order valence-electron chi connectivity index (χ4n) is 2.96. The van der Waals surface area contributed by atoms with E-state index in [0.717, 1.165) is 24.5 Å². The van der Waals surface area contributed by atoms with E-state index in [4.69, 9.17) is 0 Å². The Kier molecular flexibility index (Phi) is 4.58. The fraction of sp³-hybridized carbons (Fsp3) is 0.278. The maximum Gasteiger partial charge on any atom is 0.346 e. The number of thiophene rings is 1. The molecular formula is C18H19N5OS. The van der Waals surface area contributed by atoms with Crippen molar-refractivity contribution in [3.63, 3.8) is 0 Å². The Morgan fingerprint density at radius 3 is 2.56 bits per heavy atom. The summed E-state index contributed by atoms with van der Waals surface area (Å²) in [7, 11) is 0. The maximum atomic E-state index is 12.6. The van der Waals surface area contributed by atoms with E-state index in [0.29, 0.717) is 18.9 Å². The first-order valence-electron chi connectivity index (χ1n) is 8.31. The highest BCUT2D eigenvalue weighted by Crippen LogP contribution is 2.20. The molecule has 0 saturated carbocycles. The van der Waals surface area contributed by atoms with Gasteiger partial charge in [-0.25, -0.2) is 9.78 Å². The zero-order valence-corrected chi connectivity index (χ0v) is 14.6. The summed E-state index contributed by atoms with van der Waals surface area (Å²) in [6.07, 6.45) is 1.51. The number of carbonyl (C=O) groups is 1. The molecule has 0 atom stereocenters. The van der Waals surface area contributed by atoms with E-state index in [2.05, 4.69) is 39.2 Å². The number of hydrogen-bond donors (Lipinski definition) is 0. The van der Waals surface area contributed by atoms with Crippen LogP contribution in [0.1, 0.15) is 5.56 Å². The molecule has 1 aliphatic heterocycles. The van der Waals surface area contributed by atoms with Gasteiger partial charge in [0.15, 0.2) is 5.82 Å². The van der Waals surface area contributed by atoms with Crippen molar-refractivity contribution in [2.24, 2.45) is 0 Å². The molecule has 0 radical (unpaired) electrons. The molecule has 1 saturated heterocycles. The van der Waals surface area contributed by atoms with E-state index >= 15 is 0 Å². The van der Waals surface area contributed by atoms with Gasteiger partial charge in [-0.15, -0.1) is 16.4 Å². The van der Waals surface area contributed by atoms with Gasteiger partial charge in [-0.05, 0) is 17.0 Å². The molecular weight excluding hydrogens is 334 g/mol. The van der Waals surface area contributed by atoms with Crippen LogP contribution < -0.4 is 0 Å². The first-order chi connectivity index (χ1) is 12.3. The summed E-state index contributed by atoms with van der Waals surface area (Å²) in [6, 6.07) is 14.2. The molecule has 6 nitrogen and oxygen atoms in total. The predicted molar refractivity (Wildman–Crippen MR) is 97.4 cm³/mol. The lowest BCUT2D eigenvalue weighted by Crippen LogP contribution is -2.49. The Morgan fingerprint density at radius 1 is 1.04 bits per heavy atom. The number of rotatable bonds is 3. The highest BCUT2D eigenvalue weighted by atomic mass is 32.1. The molecule has 0 aliphatic carbocycles. The minimum Gasteiger partial charge on any atom is -0.320 e. The zero-order chi connectivity index (χ0) is 17.1. The lowest BCUT2D eigenvalue weighted by Gasteiger charge is -2.34. The Bertz CT molecular complexity index is 822. The zero-order valence-electron chi connectivity index (χ0n) is 13.8. The van der Waals surface area contributed by atoms with Crippen LogP contribution >= 0.6 is 11.3 Å². The number of hydrogen-bond acceptors (Lipinski definition) is 5. The van der Waals surface area contributed by atoms with Crippen LogP contribution in [0.15, 0.2) is 54.2 Å². The molecule has 0 bridgehead atoms. The molecule has 1 aromatic carbocycles. The van der Waals surface area contributed by atoms with E-state index < -0.39 is 0 Å². The lowest BCUT2D eigenvalue weighted by atomic mass is 10.2. The van der Waals surface area contributed by atoms with Crippen molar-refractivity contribution in [1.82, 2.24) is 24.6 Å². The van der Waals surface area contributed by atoms with Gasteiger partial charge in [0.1, 0.15) is 6.33 Å². The smallest absolute Gasteiger partial charge is 0.320 e. The minimum absolute atomic E-state index is 0.102. The Morgan fingerprint density at radius 2 is 1.84 bits per heavy atom. The summed E-state index contributed by atoms with van der Waals surface area (Å²) in [5, 5.41) is 6.30. The van der Waals surface area contributed by atoms with Gasteiger partial charge >= 0.3 is 6.03 Å². The van der Waals surface area contributed by atoms with Gasteiger partial charge in [0, 0.05) is 32.7 Å². The van der Waals surface area contributed by atoms with E-state index in [1.807, 2.05) is 28.5 Å². The number of aromatic nitrogens is 3. The summed E-state index contributed by atoms with van der Waals surface area (Å²) in [5.41, 5.74) is 1.30. The number of carbonyl (C=O) groups excluding carboxylic acids is 1. The van der Waals surface area contributed by atoms with Gasteiger partial charge in [-0.1, -0.05) is 36.4 Å². The summed E-state index contributed by atoms with van der Waals surface area (Å²) in [5.74, 6) is 0.603. The Labute approximate surface area is 150 Å². The molecule has 7 heteroatoms. The van der Waals surface area contributed by atoms with Crippen LogP contribution in [0, 0.1) is 0 Å². The van der Waals surface area contributed by atoms with Crippen LogP contribution in [-0.2, 0) is 6.54 Å². The Balaban J connectivity index is 1.35. The summed E-state index contributed by atoms with van der Waals surface area (Å²) in [4.78, 5) is 22.1. The molecule has 0 spiro atoms. The van der Waals surface area contributed by atoms with Crippen molar-refractivity contribution in [3.05, 3.63) is 59.7 Å². The summed E-state index contributed by atoms with van der Waals surface area (Å²) in [6.45, 7) is 4.08. The van der Waals surface area contributed by atoms with Gasteiger partial charge in [0.25, 0.3) is 0 Å². The van der Waals surface area contributed by atoms with Crippen LogP contribution in [0.2, 0.25) is 0 Å². The molecule has 4 rings (SSSR count). The van der Waals surface area contributed by atoms with Crippen molar-refractivity contribution >= 4 is 17.4 Å². The molecule has 1 fully saturated rings. The maximum absolute atomic E-state index is 12.6. The number of piperazine rings is 1. The molecule has 3 heterocycles. The van der Waals surface area contributed by atoms with Crippen molar-refractivity contribution in [3.8, 4) is 10.7 Å². The molecule has 2 aromatic heterocycles. The third-order valence-corrected chi connectivity index (χ3v) is 5.19. The molecule has 128 valence electrons. The Hall–Kier alpha value is -2.51. The van der Waals surface area contributed by atoms with E-state index in [-0.39, 0.29) is 6.03 Å². The van der Waals surface area contributed by atoms with Crippen molar-refractivity contribution in [2.75, 3.05) is 26.2 Å². The van der Waals surface area contributed by atoms with Gasteiger partial charge < -0.3 is 4.90 Å². The fourth-order valence-corrected chi connectivity index (χ4v) is 3.62. The molecule has 25 heavy (non-hydrogen) atoms. The second-order valence-corrected chi connectivity index (χ2v) is 6.97. The van der Waals surface area contributed by atoms with Crippen LogP contribution in [0.25, 0.3) is 10.7 Å². The largest absolute Gasteiger partial charge is 0.346 e. The van der Waals surface area contributed by atoms with Crippen molar-refractivity contribution in [1.29, 1.82) is 0 Å². The standard InChI is InChI=1S/C18H19N5OS/c24-18(23-14-19-17(20-23)16-7-4-12-25-16)22-10-8-21(9-11-22)13-15-5-2-1-3-6-15/h1-7,12,14H,8-11,13H2. The topological polar surface area (TPSA) is 54.3 Å². The van der Waals surface area contributed by atoms with Crippen molar-refractivity contribution in [2.45, 2.75) is 6.54 Å². The van der Waals surface area contributed by atoms with Gasteiger partial charge in [0.05, 0.1) is 4.88 Å². The number of amides is 1. The highest BCUT2D eigenvalue weighted by molar-refractivity contribution is 7.13. The normalized spacial score (nSPS) is 15.4. The second kappa shape index (κ2) is 7.16. The average molecular weight is 353 g/mol. The molecule has 3 aromatic rings. The molecule has 1 aliphatic rings. The van der Waals surface area contributed by atoms with Crippen molar-refractivity contribution < 1.29 is 4.79 Å². The second-order valence-electron chi connectivity index (χ2n) is 6.02. The molecule has 0 N–H and O–H groups in total. The number of nitrogens with zero attached hydrogens (tertiary/aromatic N) is 5. The van der Waals surface area contributed by atoms with Crippen LogP contribution in [-0.4, -0.2) is 56.8 Å². The first kappa shape index (κ1) is 16.0. The third kappa shape index (κ3) is 3.62. The molecule has 0 unspecified atom stereocenters. The van der Waals surface area contributed by atoms with Crippen LogP contribution in [0.5, 0.6) is 0 Å². The summed E-state index contributed by atoms with van der Waals surface area (Å²) < 4.78 is 1.35. The predicted octanol–water partition coefficient (Wildman–Crippen LogP) is 2.79. The van der Waals surface area contributed by atoms with Gasteiger partial charge in [0.2, 0.25) is 0 Å². The van der Waals surface area contributed by atoms with Crippen LogP contribution in [0.4, 0.5) is 4.79 Å². The first-order valence-corrected chi connectivity index (χ1v) is 9.19. The van der Waals surface area contributed by atoms with Gasteiger partial charge in [-0.2, -0.15) is 4.68 Å². The average Bonchev–Trinajstić information content (AvgIpc) is 3.34. The lowest BCUT2D eigenvalue weighted by molar-refractivity contribution is 0.134. The van der Waals surface area contributed by atoms with E-state index in [1.165, 1.54) is 16.6 Å². The SMILES string of the molecule is O=C(N1CCN(Cc2ccccc2)CC1)n1cnc(-c2cccs2)n1. The van der Waals surface area contributed by atoms with E-state index in [1.54, 1.807) is 11.3 Å². The monoisotopic (exact) mass is 353 g/mol. The third-order valence-electron chi connectivity index (χ3n) is 4.32. The summed E-state index contributed by atoms with van der Waals surface area (Å²) >= 11 is 1.57. The minimum atomic E-state index is -0.102.